The lowest BCUT2D eigenvalue weighted by Crippen LogP contribution is -2.45. The van der Waals surface area contributed by atoms with E-state index in [1.165, 1.54) is 5.56 Å². The van der Waals surface area contributed by atoms with E-state index >= 15 is 0 Å². The molecule has 1 saturated heterocycles. The van der Waals surface area contributed by atoms with Crippen molar-refractivity contribution in [2.75, 3.05) is 19.7 Å². The highest BCUT2D eigenvalue weighted by atomic mass is 32.1. The first-order valence-corrected chi connectivity index (χ1v) is 6.88. The quantitative estimate of drug-likeness (QED) is 0.816. The number of hydrogen-bond acceptors (Lipinski definition) is 2. The van der Waals surface area contributed by atoms with Crippen LogP contribution in [0.15, 0.2) is 30.3 Å². The fourth-order valence-electron chi connectivity index (χ4n) is 2.28. The van der Waals surface area contributed by atoms with Gasteiger partial charge in [-0.3, -0.25) is 0 Å². The molecule has 0 radical (unpaired) electrons. The van der Waals surface area contributed by atoms with Crippen molar-refractivity contribution in [1.82, 2.24) is 10.2 Å². The Bertz CT molecular complexity index is 383. The Morgan fingerprint density at radius 1 is 1.39 bits per heavy atom. The van der Waals surface area contributed by atoms with Gasteiger partial charge in [0, 0.05) is 26.2 Å². The van der Waals surface area contributed by atoms with E-state index in [1.54, 1.807) is 0 Å². The van der Waals surface area contributed by atoms with Crippen LogP contribution in [0.5, 0.6) is 0 Å². The summed E-state index contributed by atoms with van der Waals surface area (Å²) in [5, 5.41) is 13.3. The third-order valence-corrected chi connectivity index (χ3v) is 3.75. The number of aliphatic hydroxyl groups is 1. The highest BCUT2D eigenvalue weighted by Gasteiger charge is 2.20. The highest BCUT2D eigenvalue weighted by Crippen LogP contribution is 2.15. The van der Waals surface area contributed by atoms with E-state index in [2.05, 4.69) is 22.3 Å². The maximum absolute atomic E-state index is 9.21. The zero-order valence-corrected chi connectivity index (χ0v) is 11.3. The van der Waals surface area contributed by atoms with Crippen LogP contribution in [0.4, 0.5) is 0 Å². The minimum atomic E-state index is 0.262. The predicted molar refractivity (Wildman–Crippen MR) is 77.3 cm³/mol. The second kappa shape index (κ2) is 6.71. The third-order valence-electron chi connectivity index (χ3n) is 3.35. The number of piperidine rings is 1. The lowest BCUT2D eigenvalue weighted by atomic mass is 9.99. The van der Waals surface area contributed by atoms with Crippen LogP contribution in [0.2, 0.25) is 0 Å². The van der Waals surface area contributed by atoms with Gasteiger partial charge < -0.3 is 15.3 Å². The van der Waals surface area contributed by atoms with Gasteiger partial charge in [-0.25, -0.2) is 0 Å². The molecule has 1 aliphatic heterocycles. The number of thiocarbonyl (C=S) groups is 1. The lowest BCUT2D eigenvalue weighted by molar-refractivity contribution is 0.160. The zero-order valence-electron chi connectivity index (χ0n) is 10.5. The van der Waals surface area contributed by atoms with Gasteiger partial charge in [0.2, 0.25) is 0 Å². The van der Waals surface area contributed by atoms with E-state index in [4.69, 9.17) is 12.2 Å². The molecule has 0 aliphatic carbocycles. The molecule has 98 valence electrons. The normalized spacial score (nSPS) is 19.6. The van der Waals surface area contributed by atoms with Crippen molar-refractivity contribution >= 4 is 17.3 Å². The topological polar surface area (TPSA) is 35.5 Å². The Labute approximate surface area is 114 Å². The van der Waals surface area contributed by atoms with Crippen molar-refractivity contribution in [2.45, 2.75) is 19.4 Å². The van der Waals surface area contributed by atoms with E-state index in [1.807, 2.05) is 18.2 Å². The van der Waals surface area contributed by atoms with Crippen LogP contribution in [0, 0.1) is 5.92 Å². The molecular formula is C14H20N2OS. The van der Waals surface area contributed by atoms with Gasteiger partial charge in [-0.2, -0.15) is 0 Å². The van der Waals surface area contributed by atoms with Crippen molar-refractivity contribution in [3.63, 3.8) is 0 Å². The Balaban J connectivity index is 1.81. The summed E-state index contributed by atoms with van der Waals surface area (Å²) < 4.78 is 0. The van der Waals surface area contributed by atoms with Crippen molar-refractivity contribution < 1.29 is 5.11 Å². The molecule has 18 heavy (non-hydrogen) atoms. The molecule has 4 heteroatoms. The molecule has 1 aromatic rings. The van der Waals surface area contributed by atoms with E-state index in [0.29, 0.717) is 5.92 Å². The number of hydrogen-bond donors (Lipinski definition) is 2. The molecular weight excluding hydrogens is 244 g/mol. The molecule has 3 nitrogen and oxygen atoms in total. The van der Waals surface area contributed by atoms with Crippen molar-refractivity contribution in [3.05, 3.63) is 35.9 Å². The molecule has 1 aromatic carbocycles. The molecule has 2 rings (SSSR count). The number of nitrogens with zero attached hydrogens (tertiary/aromatic N) is 1. The van der Waals surface area contributed by atoms with Crippen LogP contribution < -0.4 is 5.32 Å². The smallest absolute Gasteiger partial charge is 0.169 e. The molecule has 1 heterocycles. The van der Waals surface area contributed by atoms with Crippen molar-refractivity contribution in [3.8, 4) is 0 Å². The van der Waals surface area contributed by atoms with Crippen LogP contribution in [-0.2, 0) is 6.54 Å². The molecule has 0 aromatic heterocycles. The molecule has 0 spiro atoms. The first-order chi connectivity index (χ1) is 8.79. The lowest BCUT2D eigenvalue weighted by Gasteiger charge is -2.33. The summed E-state index contributed by atoms with van der Waals surface area (Å²) in [5.41, 5.74) is 1.23. The first kappa shape index (κ1) is 13.3. The third kappa shape index (κ3) is 3.68. The summed E-state index contributed by atoms with van der Waals surface area (Å²) in [4.78, 5) is 2.17. The van der Waals surface area contributed by atoms with E-state index in [9.17, 15) is 5.11 Å². The van der Waals surface area contributed by atoms with Gasteiger partial charge >= 0.3 is 0 Å². The summed E-state index contributed by atoms with van der Waals surface area (Å²) in [5.74, 6) is 0.371. The first-order valence-electron chi connectivity index (χ1n) is 6.47. The monoisotopic (exact) mass is 264 g/mol. The fourth-order valence-corrected chi connectivity index (χ4v) is 2.52. The highest BCUT2D eigenvalue weighted by molar-refractivity contribution is 7.80. The van der Waals surface area contributed by atoms with Gasteiger partial charge in [0.05, 0.1) is 0 Å². The SMILES string of the molecule is OC[C@H]1CCCN(C(=S)NCc2ccccc2)C1. The Morgan fingerprint density at radius 3 is 2.89 bits per heavy atom. The molecule has 0 unspecified atom stereocenters. The van der Waals surface area contributed by atoms with E-state index in [0.717, 1.165) is 37.6 Å². The molecule has 2 N–H and O–H groups in total. The van der Waals surface area contributed by atoms with Gasteiger partial charge in [-0.1, -0.05) is 30.3 Å². The number of nitrogens with one attached hydrogen (secondary N) is 1. The molecule has 1 aliphatic rings. The predicted octanol–water partition coefficient (Wildman–Crippen LogP) is 1.77. The number of benzene rings is 1. The van der Waals surface area contributed by atoms with Crippen LogP contribution >= 0.6 is 12.2 Å². The maximum atomic E-state index is 9.21. The summed E-state index contributed by atoms with van der Waals surface area (Å²) in [6.07, 6.45) is 2.21. The van der Waals surface area contributed by atoms with Gasteiger partial charge in [-0.15, -0.1) is 0 Å². The zero-order chi connectivity index (χ0) is 12.8. The molecule has 0 bridgehead atoms. The Hall–Kier alpha value is -1.13. The van der Waals surface area contributed by atoms with Gasteiger partial charge in [0.15, 0.2) is 5.11 Å². The minimum Gasteiger partial charge on any atom is -0.396 e. The summed E-state index contributed by atoms with van der Waals surface area (Å²) >= 11 is 5.41. The van der Waals surface area contributed by atoms with Crippen LogP contribution in [0.25, 0.3) is 0 Å². The van der Waals surface area contributed by atoms with E-state index < -0.39 is 0 Å². The fraction of sp³-hybridized carbons (Fsp3) is 0.500. The maximum Gasteiger partial charge on any atom is 0.169 e. The molecule has 0 amide bonds. The number of rotatable bonds is 3. The Morgan fingerprint density at radius 2 is 2.17 bits per heavy atom. The van der Waals surface area contributed by atoms with Gasteiger partial charge in [-0.05, 0) is 36.5 Å². The summed E-state index contributed by atoms with van der Waals surface area (Å²) in [7, 11) is 0. The molecule has 0 saturated carbocycles. The molecule has 1 fully saturated rings. The van der Waals surface area contributed by atoms with Crippen LogP contribution in [0.3, 0.4) is 0 Å². The van der Waals surface area contributed by atoms with Crippen molar-refractivity contribution in [2.24, 2.45) is 5.92 Å². The summed E-state index contributed by atoms with van der Waals surface area (Å²) in [6.45, 7) is 2.89. The average Bonchev–Trinajstić information content (AvgIpc) is 2.46. The van der Waals surface area contributed by atoms with E-state index in [-0.39, 0.29) is 6.61 Å². The largest absolute Gasteiger partial charge is 0.396 e. The average molecular weight is 264 g/mol. The van der Waals surface area contributed by atoms with Crippen LogP contribution in [0.1, 0.15) is 18.4 Å². The number of likely N-dealkylation sites (tertiary alicyclic amines) is 1. The van der Waals surface area contributed by atoms with Crippen molar-refractivity contribution in [1.29, 1.82) is 0 Å². The Kier molecular flexibility index (Phi) is 4.96. The van der Waals surface area contributed by atoms with Crippen LogP contribution in [-0.4, -0.2) is 34.8 Å². The minimum absolute atomic E-state index is 0.262. The molecule has 1 atom stereocenters. The standard InChI is InChI=1S/C14H20N2OS/c17-11-13-7-4-8-16(10-13)14(18)15-9-12-5-2-1-3-6-12/h1-3,5-6,13,17H,4,7-11H2,(H,15,18)/t13-/m0/s1. The number of aliphatic hydroxyl groups excluding tert-OH is 1. The van der Waals surface area contributed by atoms with Gasteiger partial charge in [0.25, 0.3) is 0 Å². The van der Waals surface area contributed by atoms with Gasteiger partial charge in [0.1, 0.15) is 0 Å². The summed E-state index contributed by atoms with van der Waals surface area (Å²) in [6, 6.07) is 10.2. The second-order valence-corrected chi connectivity index (χ2v) is 5.17. The second-order valence-electron chi connectivity index (χ2n) is 4.78.